The highest BCUT2D eigenvalue weighted by Crippen LogP contribution is 2.27. The fourth-order valence-corrected chi connectivity index (χ4v) is 3.71. The van der Waals surface area contributed by atoms with Gasteiger partial charge < -0.3 is 0 Å². The van der Waals surface area contributed by atoms with Crippen LogP contribution in [0.25, 0.3) is 22.5 Å². The van der Waals surface area contributed by atoms with E-state index in [9.17, 15) is 4.39 Å². The van der Waals surface area contributed by atoms with Gasteiger partial charge in [0.15, 0.2) is 5.82 Å². The van der Waals surface area contributed by atoms with Crippen LogP contribution in [0, 0.1) is 5.82 Å². The quantitative estimate of drug-likeness (QED) is 0.305. The van der Waals surface area contributed by atoms with Crippen LogP contribution in [0.3, 0.4) is 0 Å². The molecule has 1 heterocycles. The van der Waals surface area contributed by atoms with Gasteiger partial charge >= 0.3 is 0 Å². The molecule has 0 unspecified atom stereocenters. The van der Waals surface area contributed by atoms with Crippen LogP contribution >= 0.6 is 0 Å². The largest absolute Gasteiger partial charge is 0.236 e. The van der Waals surface area contributed by atoms with Gasteiger partial charge in [-0.15, -0.1) is 0 Å². The van der Waals surface area contributed by atoms with Crippen LogP contribution in [0.2, 0.25) is 0 Å². The van der Waals surface area contributed by atoms with Crippen molar-refractivity contribution in [3.05, 3.63) is 71.8 Å². The summed E-state index contributed by atoms with van der Waals surface area (Å²) in [4.78, 5) is 8.89. The molecule has 0 saturated heterocycles. The lowest BCUT2D eigenvalue weighted by Crippen LogP contribution is -1.94. The van der Waals surface area contributed by atoms with Gasteiger partial charge in [0, 0.05) is 23.5 Å². The van der Waals surface area contributed by atoms with Crippen LogP contribution in [-0.4, -0.2) is 9.97 Å². The van der Waals surface area contributed by atoms with Gasteiger partial charge in [0.1, 0.15) is 5.82 Å². The Morgan fingerprint density at radius 3 is 1.93 bits per heavy atom. The molecule has 0 atom stereocenters. The second kappa shape index (κ2) is 11.6. The summed E-state index contributed by atoms with van der Waals surface area (Å²) in [6, 6.07) is 13.6. The summed E-state index contributed by atoms with van der Waals surface area (Å²) in [5.74, 6) is 0.334. The molecular weight excluding hydrogens is 371 g/mol. The molecule has 0 fully saturated rings. The van der Waals surface area contributed by atoms with Crippen molar-refractivity contribution >= 4 is 0 Å². The molecule has 0 spiro atoms. The van der Waals surface area contributed by atoms with Crippen molar-refractivity contribution in [1.82, 2.24) is 9.97 Å². The smallest absolute Gasteiger partial charge is 0.159 e. The fourth-order valence-electron chi connectivity index (χ4n) is 3.71. The molecule has 3 heteroatoms. The minimum absolute atomic E-state index is 0.237. The Bertz CT molecular complexity index is 901. The topological polar surface area (TPSA) is 25.8 Å². The van der Waals surface area contributed by atoms with Crippen LogP contribution < -0.4 is 0 Å². The Morgan fingerprint density at radius 1 is 0.667 bits per heavy atom. The summed E-state index contributed by atoms with van der Waals surface area (Å²) in [5.41, 5.74) is 4.69. The number of rotatable bonds is 11. The number of nitrogens with zero attached hydrogens (tertiary/aromatic N) is 2. The van der Waals surface area contributed by atoms with Gasteiger partial charge in [-0.3, -0.25) is 0 Å². The lowest BCUT2D eigenvalue weighted by molar-refractivity contribution is 0.631. The van der Waals surface area contributed by atoms with Crippen LogP contribution in [0.4, 0.5) is 4.39 Å². The first-order valence-corrected chi connectivity index (χ1v) is 11.4. The minimum atomic E-state index is -0.237. The van der Waals surface area contributed by atoms with Gasteiger partial charge in [-0.25, -0.2) is 14.4 Å². The van der Waals surface area contributed by atoms with Crippen molar-refractivity contribution < 1.29 is 4.39 Å². The van der Waals surface area contributed by atoms with Crippen LogP contribution in [0.1, 0.15) is 69.9 Å². The molecule has 0 aliphatic heterocycles. The number of hydrogen-bond donors (Lipinski definition) is 0. The summed E-state index contributed by atoms with van der Waals surface area (Å²) in [7, 11) is 0. The third-order valence-corrected chi connectivity index (χ3v) is 5.59. The zero-order chi connectivity index (χ0) is 21.2. The van der Waals surface area contributed by atoms with Crippen molar-refractivity contribution in [3.8, 4) is 22.5 Å². The number of benzene rings is 2. The van der Waals surface area contributed by atoms with Gasteiger partial charge in [-0.2, -0.15) is 0 Å². The summed E-state index contributed by atoms with van der Waals surface area (Å²) < 4.78 is 14.8. The van der Waals surface area contributed by atoms with Gasteiger partial charge in [-0.05, 0) is 48.4 Å². The van der Waals surface area contributed by atoms with E-state index in [1.807, 2.05) is 36.7 Å². The van der Waals surface area contributed by atoms with Crippen molar-refractivity contribution in [3.63, 3.8) is 0 Å². The highest BCUT2D eigenvalue weighted by Gasteiger charge is 2.09. The fraction of sp³-hybridized carbons (Fsp3) is 0.407. The summed E-state index contributed by atoms with van der Waals surface area (Å²) >= 11 is 0. The standard InChI is InChI=1S/C27H33FN2/c1-3-5-7-9-10-21-12-14-23(15-13-21)25-17-16-24(18-26(25)28)27-29-19-22(20-30-27)11-8-6-4-2/h12-20H,3-11H2,1-2H3. The molecule has 2 nitrogen and oxygen atoms in total. The monoisotopic (exact) mass is 404 g/mol. The first kappa shape index (κ1) is 22.1. The Hall–Kier alpha value is -2.55. The molecular formula is C27H33FN2. The highest BCUT2D eigenvalue weighted by molar-refractivity contribution is 5.68. The molecule has 1 aromatic heterocycles. The number of hydrogen-bond acceptors (Lipinski definition) is 2. The molecule has 0 radical (unpaired) electrons. The van der Waals surface area contributed by atoms with Gasteiger partial charge in [0.05, 0.1) is 0 Å². The predicted octanol–water partition coefficient (Wildman–Crippen LogP) is 7.81. The average Bonchev–Trinajstić information content (AvgIpc) is 2.78. The number of unbranched alkanes of at least 4 members (excludes halogenated alkanes) is 5. The molecule has 2 aromatic carbocycles. The van der Waals surface area contributed by atoms with Gasteiger partial charge in [0.25, 0.3) is 0 Å². The number of halogens is 1. The second-order valence-corrected chi connectivity index (χ2v) is 8.07. The first-order chi connectivity index (χ1) is 14.7. The molecule has 158 valence electrons. The van der Waals surface area contributed by atoms with Gasteiger partial charge in [0.2, 0.25) is 0 Å². The van der Waals surface area contributed by atoms with E-state index in [-0.39, 0.29) is 5.82 Å². The normalized spacial score (nSPS) is 11.0. The molecule has 0 saturated carbocycles. The highest BCUT2D eigenvalue weighted by atomic mass is 19.1. The van der Waals surface area contributed by atoms with Crippen molar-refractivity contribution in [2.24, 2.45) is 0 Å². The summed E-state index contributed by atoms with van der Waals surface area (Å²) in [5, 5.41) is 0. The Kier molecular flexibility index (Phi) is 8.55. The van der Waals surface area contributed by atoms with E-state index in [0.29, 0.717) is 17.0 Å². The third kappa shape index (κ3) is 6.22. The van der Waals surface area contributed by atoms with Crippen LogP contribution in [0.15, 0.2) is 54.9 Å². The zero-order valence-electron chi connectivity index (χ0n) is 18.3. The van der Waals surface area contributed by atoms with E-state index >= 15 is 0 Å². The van der Waals surface area contributed by atoms with E-state index in [2.05, 4.69) is 35.9 Å². The summed E-state index contributed by atoms with van der Waals surface area (Å²) in [6.45, 7) is 4.42. The minimum Gasteiger partial charge on any atom is -0.236 e. The molecule has 0 aliphatic carbocycles. The van der Waals surface area contributed by atoms with Crippen molar-refractivity contribution in [2.75, 3.05) is 0 Å². The maximum atomic E-state index is 14.8. The van der Waals surface area contributed by atoms with Crippen LogP contribution in [-0.2, 0) is 12.8 Å². The maximum Gasteiger partial charge on any atom is 0.159 e. The SMILES string of the molecule is CCCCCCc1ccc(-c2ccc(-c3ncc(CCCCC)cn3)cc2F)cc1. The molecule has 0 amide bonds. The lowest BCUT2D eigenvalue weighted by atomic mass is 9.99. The Labute approximate surface area is 180 Å². The van der Waals surface area contributed by atoms with E-state index < -0.39 is 0 Å². The number of aromatic nitrogens is 2. The Morgan fingerprint density at radius 2 is 1.27 bits per heavy atom. The van der Waals surface area contributed by atoms with E-state index in [4.69, 9.17) is 0 Å². The van der Waals surface area contributed by atoms with E-state index in [1.165, 1.54) is 44.1 Å². The molecule has 3 aromatic rings. The number of aryl methyl sites for hydroxylation is 2. The van der Waals surface area contributed by atoms with Gasteiger partial charge in [-0.1, -0.05) is 82.3 Å². The van der Waals surface area contributed by atoms with Crippen molar-refractivity contribution in [2.45, 2.75) is 71.6 Å². The third-order valence-electron chi connectivity index (χ3n) is 5.59. The molecule has 0 bridgehead atoms. The predicted molar refractivity (Wildman–Crippen MR) is 124 cm³/mol. The maximum absolute atomic E-state index is 14.8. The lowest BCUT2D eigenvalue weighted by Gasteiger charge is -2.08. The Balaban J connectivity index is 1.66. The zero-order valence-corrected chi connectivity index (χ0v) is 18.3. The van der Waals surface area contributed by atoms with E-state index in [1.54, 1.807) is 6.07 Å². The second-order valence-electron chi connectivity index (χ2n) is 8.07. The molecule has 3 rings (SSSR count). The molecule has 30 heavy (non-hydrogen) atoms. The van der Waals surface area contributed by atoms with E-state index in [0.717, 1.165) is 30.4 Å². The average molecular weight is 405 g/mol. The van der Waals surface area contributed by atoms with Crippen molar-refractivity contribution in [1.29, 1.82) is 0 Å². The van der Waals surface area contributed by atoms with Crippen LogP contribution in [0.5, 0.6) is 0 Å². The summed E-state index contributed by atoms with van der Waals surface area (Å²) in [6.07, 6.45) is 14.4. The molecule has 0 N–H and O–H groups in total. The first-order valence-electron chi connectivity index (χ1n) is 11.4. The molecule has 0 aliphatic rings.